The van der Waals surface area contributed by atoms with E-state index < -0.39 is 26.6 Å². The smallest absolute Gasteiger partial charge is 0.241 e. The number of nitrogens with two attached hydrogens (primary N) is 1. The first-order valence-corrected chi connectivity index (χ1v) is 8.78. The highest BCUT2D eigenvalue weighted by Gasteiger charge is 2.24. The number of benzene rings is 2. The third-order valence-corrected chi connectivity index (χ3v) is 4.71. The first kappa shape index (κ1) is 17.2. The van der Waals surface area contributed by atoms with Crippen LogP contribution in [-0.2, 0) is 10.0 Å². The predicted molar refractivity (Wildman–Crippen MR) is 88.1 cm³/mol. The summed E-state index contributed by atoms with van der Waals surface area (Å²) in [6.07, 6.45) is 0. The van der Waals surface area contributed by atoms with Gasteiger partial charge in [0.05, 0.1) is 5.56 Å². The van der Waals surface area contributed by atoms with Crippen molar-refractivity contribution in [2.45, 2.75) is 18.7 Å². The molecular weight excluding hydrogens is 350 g/mol. The van der Waals surface area contributed by atoms with Crippen LogP contribution in [0.3, 0.4) is 0 Å². The molecule has 3 aromatic rings. The number of primary sulfonamides is 1. The zero-order valence-electron chi connectivity index (χ0n) is 13.4. The summed E-state index contributed by atoms with van der Waals surface area (Å²) in [4.78, 5) is -0.903. The van der Waals surface area contributed by atoms with Gasteiger partial charge in [-0.15, -0.1) is 0 Å². The minimum absolute atomic E-state index is 0.153. The monoisotopic (exact) mass is 364 g/mol. The number of rotatable bonds is 3. The molecule has 0 aliphatic heterocycles. The average molecular weight is 364 g/mol. The van der Waals surface area contributed by atoms with Crippen molar-refractivity contribution in [1.82, 2.24) is 5.16 Å². The summed E-state index contributed by atoms with van der Waals surface area (Å²) in [7, 11) is -4.37. The third-order valence-electron chi connectivity index (χ3n) is 3.79. The van der Waals surface area contributed by atoms with Crippen LogP contribution in [-0.4, -0.2) is 13.6 Å². The Morgan fingerprint density at radius 3 is 2.28 bits per heavy atom. The molecular formula is C17H14F2N2O3S. The van der Waals surface area contributed by atoms with Gasteiger partial charge in [-0.2, -0.15) is 0 Å². The van der Waals surface area contributed by atoms with Crippen LogP contribution in [0.15, 0.2) is 45.8 Å². The number of aromatic nitrogens is 1. The first-order valence-electron chi connectivity index (χ1n) is 7.24. The second-order valence-electron chi connectivity index (χ2n) is 5.64. The van der Waals surface area contributed by atoms with Gasteiger partial charge in [-0.3, -0.25) is 0 Å². The maximum Gasteiger partial charge on any atom is 0.241 e. The van der Waals surface area contributed by atoms with E-state index in [0.717, 1.165) is 11.6 Å². The molecule has 8 heteroatoms. The van der Waals surface area contributed by atoms with E-state index in [2.05, 4.69) is 5.16 Å². The Morgan fingerprint density at radius 2 is 1.68 bits per heavy atom. The molecule has 0 atom stereocenters. The van der Waals surface area contributed by atoms with Gasteiger partial charge in [0.1, 0.15) is 28.0 Å². The maximum atomic E-state index is 14.5. The Hall–Kier alpha value is -2.58. The highest BCUT2D eigenvalue weighted by atomic mass is 32.2. The van der Waals surface area contributed by atoms with Gasteiger partial charge in [-0.1, -0.05) is 35.0 Å². The van der Waals surface area contributed by atoms with E-state index in [4.69, 9.17) is 9.66 Å². The Bertz CT molecular complexity index is 1060. The molecule has 0 radical (unpaired) electrons. The summed E-state index contributed by atoms with van der Waals surface area (Å²) in [5.41, 5.74) is 2.12. The lowest BCUT2D eigenvalue weighted by atomic mass is 9.98. The topological polar surface area (TPSA) is 86.2 Å². The van der Waals surface area contributed by atoms with Gasteiger partial charge >= 0.3 is 0 Å². The molecule has 2 aromatic carbocycles. The van der Waals surface area contributed by atoms with Crippen LogP contribution in [0.5, 0.6) is 0 Å². The summed E-state index contributed by atoms with van der Waals surface area (Å²) >= 11 is 0. The van der Waals surface area contributed by atoms with Gasteiger partial charge in [-0.25, -0.2) is 22.3 Å². The molecule has 25 heavy (non-hydrogen) atoms. The van der Waals surface area contributed by atoms with Gasteiger partial charge in [0.15, 0.2) is 0 Å². The van der Waals surface area contributed by atoms with E-state index in [1.165, 1.54) is 0 Å². The van der Waals surface area contributed by atoms with Crippen molar-refractivity contribution in [2.75, 3.05) is 0 Å². The Morgan fingerprint density at radius 1 is 1.04 bits per heavy atom. The van der Waals surface area contributed by atoms with Crippen LogP contribution in [0.4, 0.5) is 8.78 Å². The number of halogens is 2. The zero-order chi connectivity index (χ0) is 18.4. The van der Waals surface area contributed by atoms with Crippen molar-refractivity contribution in [1.29, 1.82) is 0 Å². The van der Waals surface area contributed by atoms with E-state index in [1.54, 1.807) is 19.1 Å². The van der Waals surface area contributed by atoms with E-state index in [-0.39, 0.29) is 16.9 Å². The molecule has 0 saturated carbocycles. The van der Waals surface area contributed by atoms with Crippen molar-refractivity contribution in [3.8, 4) is 22.4 Å². The van der Waals surface area contributed by atoms with Gasteiger partial charge in [0.2, 0.25) is 10.0 Å². The number of hydrogen-bond donors (Lipinski definition) is 1. The summed E-state index contributed by atoms with van der Waals surface area (Å²) in [6, 6.07) is 8.61. The van der Waals surface area contributed by atoms with Crippen LogP contribution in [0, 0.1) is 25.5 Å². The fraction of sp³-hybridized carbons (Fsp3) is 0.118. The van der Waals surface area contributed by atoms with E-state index in [1.807, 2.05) is 19.1 Å². The van der Waals surface area contributed by atoms with Crippen LogP contribution >= 0.6 is 0 Å². The Labute approximate surface area is 143 Å². The number of sulfonamides is 1. The number of nitrogens with zero attached hydrogens (tertiary/aromatic N) is 1. The van der Waals surface area contributed by atoms with E-state index in [0.29, 0.717) is 17.3 Å². The Kier molecular flexibility index (Phi) is 4.18. The molecule has 0 fully saturated rings. The van der Waals surface area contributed by atoms with Crippen molar-refractivity contribution in [2.24, 2.45) is 5.14 Å². The normalized spacial score (nSPS) is 11.7. The fourth-order valence-corrected chi connectivity index (χ4v) is 3.13. The number of hydrogen-bond acceptors (Lipinski definition) is 4. The van der Waals surface area contributed by atoms with Crippen molar-refractivity contribution < 1.29 is 21.7 Å². The predicted octanol–water partition coefficient (Wildman–Crippen LogP) is 3.55. The molecule has 0 saturated heterocycles. The summed E-state index contributed by atoms with van der Waals surface area (Å²) in [5.74, 6) is -1.81. The molecule has 0 spiro atoms. The zero-order valence-corrected chi connectivity index (χ0v) is 14.2. The molecule has 0 bridgehead atoms. The molecule has 130 valence electrons. The molecule has 0 aliphatic carbocycles. The van der Waals surface area contributed by atoms with Crippen LogP contribution < -0.4 is 5.14 Å². The Balaban J connectivity index is 2.23. The van der Waals surface area contributed by atoms with Gasteiger partial charge in [-0.05, 0) is 26.0 Å². The third kappa shape index (κ3) is 3.18. The highest BCUT2D eigenvalue weighted by molar-refractivity contribution is 7.89. The molecule has 0 amide bonds. The molecule has 1 aromatic heterocycles. The van der Waals surface area contributed by atoms with Crippen LogP contribution in [0.1, 0.15) is 11.3 Å². The minimum atomic E-state index is -4.37. The van der Waals surface area contributed by atoms with E-state index >= 15 is 0 Å². The van der Waals surface area contributed by atoms with Gasteiger partial charge in [0.25, 0.3) is 0 Å². The second kappa shape index (κ2) is 6.05. The van der Waals surface area contributed by atoms with E-state index in [9.17, 15) is 17.2 Å². The standard InChI is InChI=1S/C17H14F2N2O3S/c1-9-3-5-11(6-4-9)17-16(10(2)24-21-17)12-7-14(19)15(8-13(12)18)25(20,22)23/h3-8H,1-2H3,(H2,20,22,23). The van der Waals surface area contributed by atoms with Gasteiger partial charge in [0, 0.05) is 11.1 Å². The molecule has 0 unspecified atom stereocenters. The lowest BCUT2D eigenvalue weighted by Crippen LogP contribution is -2.14. The van der Waals surface area contributed by atoms with Crippen LogP contribution in [0.2, 0.25) is 0 Å². The average Bonchev–Trinajstić information content (AvgIpc) is 2.90. The van der Waals surface area contributed by atoms with Crippen molar-refractivity contribution >= 4 is 10.0 Å². The molecule has 3 rings (SSSR count). The minimum Gasteiger partial charge on any atom is -0.360 e. The van der Waals surface area contributed by atoms with Crippen molar-refractivity contribution in [3.63, 3.8) is 0 Å². The molecule has 2 N–H and O–H groups in total. The molecule has 0 aliphatic rings. The summed E-state index contributed by atoms with van der Waals surface area (Å²) in [5, 5.41) is 8.82. The second-order valence-corrected chi connectivity index (χ2v) is 7.17. The molecule has 1 heterocycles. The van der Waals surface area contributed by atoms with Gasteiger partial charge < -0.3 is 4.52 Å². The first-order chi connectivity index (χ1) is 11.7. The lowest BCUT2D eigenvalue weighted by Gasteiger charge is -2.08. The summed E-state index contributed by atoms with van der Waals surface area (Å²) in [6.45, 7) is 3.48. The quantitative estimate of drug-likeness (QED) is 0.770. The highest BCUT2D eigenvalue weighted by Crippen LogP contribution is 2.37. The SMILES string of the molecule is Cc1ccc(-c2noc(C)c2-c2cc(F)c(S(N)(=O)=O)cc2F)cc1. The van der Waals surface area contributed by atoms with Crippen molar-refractivity contribution in [3.05, 3.63) is 59.4 Å². The molecule has 5 nitrogen and oxygen atoms in total. The summed E-state index contributed by atoms with van der Waals surface area (Å²) < 4.78 is 56.5. The van der Waals surface area contributed by atoms with Crippen LogP contribution in [0.25, 0.3) is 22.4 Å². The fourth-order valence-electron chi connectivity index (χ4n) is 2.54. The number of aryl methyl sites for hydroxylation is 2. The maximum absolute atomic E-state index is 14.5. The lowest BCUT2D eigenvalue weighted by molar-refractivity contribution is 0.400. The largest absolute Gasteiger partial charge is 0.360 e.